The predicted molar refractivity (Wildman–Crippen MR) is 66.9 cm³/mol. The monoisotopic (exact) mass is 284 g/mol. The van der Waals surface area contributed by atoms with Gasteiger partial charge in [-0.15, -0.1) is 0 Å². The summed E-state index contributed by atoms with van der Waals surface area (Å²) in [6.45, 7) is 0.507. The average molecular weight is 284 g/mol. The maximum absolute atomic E-state index is 12.8. The van der Waals surface area contributed by atoms with E-state index in [1.54, 1.807) is 0 Å². The van der Waals surface area contributed by atoms with Gasteiger partial charge in [0, 0.05) is 6.54 Å². The number of alkyl halides is 3. The van der Waals surface area contributed by atoms with E-state index < -0.39 is 23.7 Å². The summed E-state index contributed by atoms with van der Waals surface area (Å²) in [5.74, 6) is -0.561. The Bertz CT molecular complexity index is 537. The Hall–Kier alpha value is -1.56. The van der Waals surface area contributed by atoms with Crippen molar-refractivity contribution in [2.75, 3.05) is 0 Å². The van der Waals surface area contributed by atoms with Crippen LogP contribution in [0, 0.1) is 0 Å². The highest BCUT2D eigenvalue weighted by molar-refractivity contribution is 5.83. The molecule has 6 heteroatoms. The molecule has 2 N–H and O–H groups in total. The Labute approximate surface area is 114 Å². The fourth-order valence-corrected chi connectivity index (χ4v) is 2.57. The van der Waals surface area contributed by atoms with Crippen molar-refractivity contribution >= 4 is 5.91 Å². The molecule has 20 heavy (non-hydrogen) atoms. The zero-order valence-electron chi connectivity index (χ0n) is 10.8. The van der Waals surface area contributed by atoms with E-state index in [1.807, 2.05) is 24.3 Å². The Kier molecular flexibility index (Phi) is 3.01. The molecule has 1 amide bonds. The van der Waals surface area contributed by atoms with Crippen LogP contribution in [-0.2, 0) is 17.8 Å². The summed E-state index contributed by atoms with van der Waals surface area (Å²) in [6.07, 6.45) is -3.98. The first kappa shape index (κ1) is 13.4. The molecular formula is C14H15F3N2O. The lowest BCUT2D eigenvalue weighted by atomic mass is 9.95. The summed E-state index contributed by atoms with van der Waals surface area (Å²) in [6, 6.07) is 7.05. The van der Waals surface area contributed by atoms with E-state index >= 15 is 0 Å². The molecule has 108 valence electrons. The molecule has 1 aliphatic carbocycles. The fraction of sp³-hybridized carbons (Fsp3) is 0.500. The van der Waals surface area contributed by atoms with Crippen LogP contribution in [0.3, 0.4) is 0 Å². The molecule has 1 aromatic rings. The summed E-state index contributed by atoms with van der Waals surface area (Å²) in [7, 11) is 0. The number of carbonyl (C=O) groups excluding carboxylic acids is 1. The van der Waals surface area contributed by atoms with Crippen molar-refractivity contribution in [3.8, 4) is 0 Å². The van der Waals surface area contributed by atoms with Gasteiger partial charge >= 0.3 is 6.18 Å². The molecule has 2 aliphatic rings. The summed E-state index contributed by atoms with van der Waals surface area (Å²) >= 11 is 0. The third kappa shape index (κ3) is 2.28. The molecule has 1 unspecified atom stereocenters. The molecule has 3 rings (SSSR count). The number of nitrogens with one attached hydrogen (secondary N) is 2. The van der Waals surface area contributed by atoms with Gasteiger partial charge in [0.1, 0.15) is 5.54 Å². The number of rotatable bonds is 2. The molecule has 1 atom stereocenters. The zero-order chi connectivity index (χ0) is 14.4. The van der Waals surface area contributed by atoms with Crippen LogP contribution in [0.5, 0.6) is 0 Å². The van der Waals surface area contributed by atoms with Crippen LogP contribution in [0.4, 0.5) is 13.2 Å². The minimum Gasteiger partial charge on any atom is -0.341 e. The first-order valence-electron chi connectivity index (χ1n) is 6.60. The van der Waals surface area contributed by atoms with Crippen LogP contribution in [-0.4, -0.2) is 23.7 Å². The highest BCUT2D eigenvalue weighted by atomic mass is 19.4. The molecular weight excluding hydrogens is 269 g/mol. The number of amides is 1. The minimum absolute atomic E-state index is 0.0223. The van der Waals surface area contributed by atoms with Crippen LogP contribution in [0.1, 0.15) is 24.0 Å². The van der Waals surface area contributed by atoms with Crippen molar-refractivity contribution in [1.82, 2.24) is 10.6 Å². The standard InChI is InChI=1S/C14H15F3N2O/c15-14(16,17)13(5-6-13)19-12(20)11-7-9-3-1-2-4-10(9)8-18-11/h1-4,11,18H,5-8H2,(H,19,20). The van der Waals surface area contributed by atoms with Crippen molar-refractivity contribution in [3.05, 3.63) is 35.4 Å². The largest absolute Gasteiger partial charge is 0.411 e. The number of carbonyl (C=O) groups is 1. The van der Waals surface area contributed by atoms with Gasteiger partial charge in [-0.3, -0.25) is 4.79 Å². The Balaban J connectivity index is 1.68. The fourth-order valence-electron chi connectivity index (χ4n) is 2.57. The number of fused-ring (bicyclic) bond motifs is 1. The topological polar surface area (TPSA) is 41.1 Å². The minimum atomic E-state index is -4.37. The van der Waals surface area contributed by atoms with Crippen molar-refractivity contribution in [3.63, 3.8) is 0 Å². The van der Waals surface area contributed by atoms with Crippen LogP contribution in [0.15, 0.2) is 24.3 Å². The van der Waals surface area contributed by atoms with Gasteiger partial charge in [-0.1, -0.05) is 24.3 Å². The Morgan fingerprint density at radius 2 is 1.90 bits per heavy atom. The van der Waals surface area contributed by atoms with Gasteiger partial charge in [0.25, 0.3) is 0 Å². The van der Waals surface area contributed by atoms with E-state index in [9.17, 15) is 18.0 Å². The SMILES string of the molecule is O=C(NC1(C(F)(F)F)CC1)C1Cc2ccccc2CN1. The molecule has 3 nitrogen and oxygen atoms in total. The van der Waals surface area contributed by atoms with E-state index in [1.165, 1.54) is 0 Å². The normalized spacial score (nSPS) is 23.9. The van der Waals surface area contributed by atoms with E-state index in [0.29, 0.717) is 13.0 Å². The van der Waals surface area contributed by atoms with E-state index in [0.717, 1.165) is 11.1 Å². The predicted octanol–water partition coefficient (Wildman–Crippen LogP) is 1.91. The van der Waals surface area contributed by atoms with Crippen LogP contribution < -0.4 is 10.6 Å². The maximum atomic E-state index is 12.8. The summed E-state index contributed by atoms with van der Waals surface area (Å²) in [4.78, 5) is 12.0. The van der Waals surface area contributed by atoms with Gasteiger partial charge in [0.2, 0.25) is 5.91 Å². The molecule has 0 spiro atoms. The molecule has 0 saturated heterocycles. The summed E-state index contributed by atoms with van der Waals surface area (Å²) < 4.78 is 38.5. The van der Waals surface area contributed by atoms with Crippen molar-refractivity contribution in [2.24, 2.45) is 0 Å². The molecule has 1 aromatic carbocycles. The van der Waals surface area contributed by atoms with Crippen molar-refractivity contribution in [1.29, 1.82) is 0 Å². The lowest BCUT2D eigenvalue weighted by Gasteiger charge is -2.28. The van der Waals surface area contributed by atoms with Crippen LogP contribution in [0.25, 0.3) is 0 Å². The second kappa shape index (κ2) is 4.48. The van der Waals surface area contributed by atoms with Gasteiger partial charge in [0.05, 0.1) is 6.04 Å². The third-order valence-corrected chi connectivity index (χ3v) is 4.05. The quantitative estimate of drug-likeness (QED) is 0.871. The summed E-state index contributed by atoms with van der Waals surface area (Å²) in [5.41, 5.74) is 0.125. The first-order chi connectivity index (χ1) is 9.41. The van der Waals surface area contributed by atoms with Crippen molar-refractivity contribution < 1.29 is 18.0 Å². The lowest BCUT2D eigenvalue weighted by molar-refractivity contribution is -0.171. The highest BCUT2D eigenvalue weighted by Gasteiger charge is 2.64. The van der Waals surface area contributed by atoms with Crippen LogP contribution >= 0.6 is 0 Å². The first-order valence-corrected chi connectivity index (χ1v) is 6.60. The van der Waals surface area contributed by atoms with Crippen LogP contribution in [0.2, 0.25) is 0 Å². The van der Waals surface area contributed by atoms with E-state index in [2.05, 4.69) is 10.6 Å². The second-order valence-electron chi connectivity index (χ2n) is 5.48. The van der Waals surface area contributed by atoms with Gasteiger partial charge in [-0.2, -0.15) is 13.2 Å². The Morgan fingerprint density at radius 3 is 2.50 bits per heavy atom. The second-order valence-corrected chi connectivity index (χ2v) is 5.48. The van der Waals surface area contributed by atoms with Gasteiger partial charge < -0.3 is 10.6 Å². The maximum Gasteiger partial charge on any atom is 0.411 e. The molecule has 1 saturated carbocycles. The van der Waals surface area contributed by atoms with Gasteiger partial charge in [-0.05, 0) is 30.4 Å². The average Bonchev–Trinajstić information content (AvgIpc) is 3.18. The van der Waals surface area contributed by atoms with E-state index in [-0.39, 0.29) is 12.8 Å². The third-order valence-electron chi connectivity index (χ3n) is 4.05. The molecule has 0 aromatic heterocycles. The molecule has 1 heterocycles. The zero-order valence-corrected chi connectivity index (χ0v) is 10.8. The molecule has 1 fully saturated rings. The highest BCUT2D eigenvalue weighted by Crippen LogP contribution is 2.48. The number of hydrogen-bond donors (Lipinski definition) is 2. The Morgan fingerprint density at radius 1 is 1.25 bits per heavy atom. The smallest absolute Gasteiger partial charge is 0.341 e. The lowest BCUT2D eigenvalue weighted by Crippen LogP contribution is -2.55. The number of halogens is 3. The van der Waals surface area contributed by atoms with Crippen molar-refractivity contribution in [2.45, 2.75) is 43.6 Å². The number of hydrogen-bond acceptors (Lipinski definition) is 2. The van der Waals surface area contributed by atoms with E-state index in [4.69, 9.17) is 0 Å². The van der Waals surface area contributed by atoms with Gasteiger partial charge in [0.15, 0.2) is 0 Å². The van der Waals surface area contributed by atoms with Gasteiger partial charge in [-0.25, -0.2) is 0 Å². The number of benzene rings is 1. The molecule has 0 radical (unpaired) electrons. The molecule has 0 bridgehead atoms. The molecule has 1 aliphatic heterocycles. The summed E-state index contributed by atoms with van der Waals surface area (Å²) in [5, 5.41) is 5.18.